The number of amides is 1. The standard InChI is InChI=1S/C13H15Cl2NO2/c14-10-1-2-11(12(15)7-10)13(18)16-5-3-9(8-17)4-6-16/h1-2,7,9,17H,3-6,8H2. The fraction of sp³-hybridized carbons (Fsp3) is 0.462. The smallest absolute Gasteiger partial charge is 0.255 e. The van der Waals surface area contributed by atoms with Gasteiger partial charge < -0.3 is 10.0 Å². The second kappa shape index (κ2) is 5.91. The minimum absolute atomic E-state index is 0.0620. The molecule has 1 aliphatic rings. The zero-order valence-electron chi connectivity index (χ0n) is 9.90. The Balaban J connectivity index is 2.08. The van der Waals surface area contributed by atoms with Gasteiger partial charge in [0.15, 0.2) is 0 Å². The van der Waals surface area contributed by atoms with Crippen molar-refractivity contribution in [1.29, 1.82) is 0 Å². The van der Waals surface area contributed by atoms with E-state index < -0.39 is 0 Å². The molecule has 0 spiro atoms. The van der Waals surface area contributed by atoms with E-state index in [1.165, 1.54) is 0 Å². The van der Waals surface area contributed by atoms with Crippen LogP contribution in [0.25, 0.3) is 0 Å². The Morgan fingerprint density at radius 2 is 2.00 bits per heavy atom. The molecule has 0 aliphatic carbocycles. The first-order valence-electron chi connectivity index (χ1n) is 5.97. The fourth-order valence-electron chi connectivity index (χ4n) is 2.15. The number of rotatable bonds is 2. The van der Waals surface area contributed by atoms with Crippen LogP contribution < -0.4 is 0 Å². The highest BCUT2D eigenvalue weighted by molar-refractivity contribution is 6.36. The molecule has 0 unspecified atom stereocenters. The van der Waals surface area contributed by atoms with Crippen molar-refractivity contribution in [2.45, 2.75) is 12.8 Å². The van der Waals surface area contributed by atoms with Gasteiger partial charge in [0.1, 0.15) is 0 Å². The van der Waals surface area contributed by atoms with Crippen molar-refractivity contribution in [2.24, 2.45) is 5.92 Å². The predicted octanol–water partition coefficient (Wildman–Crippen LogP) is 2.84. The summed E-state index contributed by atoms with van der Waals surface area (Å²) in [5.74, 6) is 0.253. The summed E-state index contributed by atoms with van der Waals surface area (Å²) >= 11 is 11.8. The fourth-order valence-corrected chi connectivity index (χ4v) is 2.64. The normalized spacial score (nSPS) is 16.9. The lowest BCUT2D eigenvalue weighted by molar-refractivity contribution is 0.0651. The zero-order chi connectivity index (χ0) is 13.1. The zero-order valence-corrected chi connectivity index (χ0v) is 11.4. The molecule has 0 aromatic heterocycles. The van der Waals surface area contributed by atoms with Crippen LogP contribution in [0.3, 0.4) is 0 Å². The van der Waals surface area contributed by atoms with Crippen molar-refractivity contribution >= 4 is 29.1 Å². The maximum atomic E-state index is 12.3. The number of aliphatic hydroxyl groups is 1. The first-order chi connectivity index (χ1) is 8.61. The van der Waals surface area contributed by atoms with Crippen LogP contribution in [0.4, 0.5) is 0 Å². The molecule has 0 saturated carbocycles. The van der Waals surface area contributed by atoms with E-state index in [0.29, 0.717) is 34.6 Å². The number of nitrogens with zero attached hydrogens (tertiary/aromatic N) is 1. The van der Waals surface area contributed by atoms with Gasteiger partial charge in [-0.25, -0.2) is 0 Å². The topological polar surface area (TPSA) is 40.5 Å². The Bertz CT molecular complexity index is 443. The minimum atomic E-state index is -0.0620. The number of piperidine rings is 1. The Morgan fingerprint density at radius 1 is 1.33 bits per heavy atom. The largest absolute Gasteiger partial charge is 0.396 e. The molecule has 0 atom stereocenters. The second-order valence-corrected chi connectivity index (χ2v) is 5.39. The molecule has 1 N–H and O–H groups in total. The van der Waals surface area contributed by atoms with E-state index >= 15 is 0 Å². The lowest BCUT2D eigenvalue weighted by Gasteiger charge is -2.31. The van der Waals surface area contributed by atoms with Crippen molar-refractivity contribution in [3.63, 3.8) is 0 Å². The van der Waals surface area contributed by atoms with Crippen LogP contribution >= 0.6 is 23.2 Å². The first kappa shape index (κ1) is 13.7. The summed E-state index contributed by atoms with van der Waals surface area (Å²) in [5, 5.41) is 9.98. The van der Waals surface area contributed by atoms with Gasteiger partial charge in [-0.15, -0.1) is 0 Å². The average Bonchev–Trinajstić information content (AvgIpc) is 2.38. The number of hydrogen-bond acceptors (Lipinski definition) is 2. The van der Waals surface area contributed by atoms with Gasteiger partial charge in [0, 0.05) is 24.7 Å². The molecule has 1 heterocycles. The molecule has 1 amide bonds. The summed E-state index contributed by atoms with van der Waals surface area (Å²) in [6, 6.07) is 4.91. The van der Waals surface area contributed by atoms with E-state index in [1.54, 1.807) is 23.1 Å². The van der Waals surface area contributed by atoms with E-state index in [4.69, 9.17) is 28.3 Å². The molecule has 1 saturated heterocycles. The number of likely N-dealkylation sites (tertiary alicyclic amines) is 1. The molecule has 18 heavy (non-hydrogen) atoms. The number of carbonyl (C=O) groups excluding carboxylic acids is 1. The molecule has 1 aromatic rings. The predicted molar refractivity (Wildman–Crippen MR) is 72.2 cm³/mol. The third-order valence-electron chi connectivity index (χ3n) is 3.32. The minimum Gasteiger partial charge on any atom is -0.396 e. The van der Waals surface area contributed by atoms with Crippen LogP contribution in [0.15, 0.2) is 18.2 Å². The number of halogens is 2. The molecule has 2 rings (SSSR count). The maximum Gasteiger partial charge on any atom is 0.255 e. The number of benzene rings is 1. The van der Waals surface area contributed by atoms with Gasteiger partial charge in [-0.1, -0.05) is 23.2 Å². The summed E-state index contributed by atoms with van der Waals surface area (Å²) in [6.45, 7) is 1.54. The molecule has 0 radical (unpaired) electrons. The third-order valence-corrected chi connectivity index (χ3v) is 3.87. The Morgan fingerprint density at radius 3 is 2.56 bits per heavy atom. The molecule has 98 valence electrons. The summed E-state index contributed by atoms with van der Waals surface area (Å²) < 4.78 is 0. The molecule has 1 aliphatic heterocycles. The maximum absolute atomic E-state index is 12.3. The van der Waals surface area contributed by atoms with Crippen molar-refractivity contribution in [1.82, 2.24) is 4.90 Å². The summed E-state index contributed by atoms with van der Waals surface area (Å²) in [6.07, 6.45) is 1.68. The van der Waals surface area contributed by atoms with E-state index in [-0.39, 0.29) is 12.5 Å². The van der Waals surface area contributed by atoms with Gasteiger partial charge in [0.2, 0.25) is 0 Å². The SMILES string of the molecule is O=C(c1ccc(Cl)cc1Cl)N1CCC(CO)CC1. The first-order valence-corrected chi connectivity index (χ1v) is 6.72. The second-order valence-electron chi connectivity index (χ2n) is 4.54. The number of aliphatic hydroxyl groups excluding tert-OH is 1. The molecular formula is C13H15Cl2NO2. The van der Waals surface area contributed by atoms with E-state index in [0.717, 1.165) is 12.8 Å². The Labute approximate surface area is 116 Å². The molecule has 1 fully saturated rings. The van der Waals surface area contributed by atoms with Crippen LogP contribution in [0.5, 0.6) is 0 Å². The van der Waals surface area contributed by atoms with Crippen molar-refractivity contribution < 1.29 is 9.90 Å². The molecule has 3 nitrogen and oxygen atoms in total. The van der Waals surface area contributed by atoms with E-state index in [9.17, 15) is 4.79 Å². The summed E-state index contributed by atoms with van der Waals surface area (Å²) in [4.78, 5) is 14.0. The molecule has 1 aromatic carbocycles. The lowest BCUT2D eigenvalue weighted by atomic mass is 9.97. The third kappa shape index (κ3) is 2.97. The number of carbonyl (C=O) groups is 1. The quantitative estimate of drug-likeness (QED) is 0.909. The number of hydrogen-bond donors (Lipinski definition) is 1. The van der Waals surface area contributed by atoms with Crippen LogP contribution in [-0.4, -0.2) is 35.6 Å². The summed E-state index contributed by atoms with van der Waals surface area (Å²) in [7, 11) is 0. The highest BCUT2D eigenvalue weighted by Gasteiger charge is 2.24. The monoisotopic (exact) mass is 287 g/mol. The van der Waals surface area contributed by atoms with Crippen LogP contribution in [0.2, 0.25) is 10.0 Å². The molecule has 0 bridgehead atoms. The highest BCUT2D eigenvalue weighted by Crippen LogP contribution is 2.24. The van der Waals surface area contributed by atoms with Crippen molar-refractivity contribution in [3.05, 3.63) is 33.8 Å². The van der Waals surface area contributed by atoms with E-state index in [2.05, 4.69) is 0 Å². The van der Waals surface area contributed by atoms with Gasteiger partial charge in [-0.3, -0.25) is 4.79 Å². The van der Waals surface area contributed by atoms with Gasteiger partial charge in [0.05, 0.1) is 10.6 Å². The van der Waals surface area contributed by atoms with Crippen molar-refractivity contribution in [2.75, 3.05) is 19.7 Å². The Kier molecular flexibility index (Phi) is 4.49. The van der Waals surface area contributed by atoms with Gasteiger partial charge in [0.25, 0.3) is 5.91 Å². The lowest BCUT2D eigenvalue weighted by Crippen LogP contribution is -2.39. The van der Waals surface area contributed by atoms with Crippen LogP contribution in [-0.2, 0) is 0 Å². The molecular weight excluding hydrogens is 273 g/mol. The van der Waals surface area contributed by atoms with Gasteiger partial charge in [-0.2, -0.15) is 0 Å². The van der Waals surface area contributed by atoms with Crippen LogP contribution in [0, 0.1) is 5.92 Å². The highest BCUT2D eigenvalue weighted by atomic mass is 35.5. The van der Waals surface area contributed by atoms with Crippen molar-refractivity contribution in [3.8, 4) is 0 Å². The van der Waals surface area contributed by atoms with E-state index in [1.807, 2.05) is 0 Å². The molecule has 5 heteroatoms. The Hall–Kier alpha value is -0.770. The van der Waals surface area contributed by atoms with Crippen LogP contribution in [0.1, 0.15) is 23.2 Å². The average molecular weight is 288 g/mol. The van der Waals surface area contributed by atoms with Gasteiger partial charge in [-0.05, 0) is 37.0 Å². The summed E-state index contributed by atoms with van der Waals surface area (Å²) in [5.41, 5.74) is 0.489. The van der Waals surface area contributed by atoms with Gasteiger partial charge >= 0.3 is 0 Å².